The van der Waals surface area contributed by atoms with Crippen molar-refractivity contribution in [1.29, 1.82) is 0 Å². The Morgan fingerprint density at radius 3 is 2.86 bits per heavy atom. The first-order chi connectivity index (χ1) is 6.93. The molecule has 1 heterocycles. The van der Waals surface area contributed by atoms with E-state index in [9.17, 15) is 4.79 Å². The normalized spacial score (nSPS) is 17.3. The van der Waals surface area contributed by atoms with Crippen LogP contribution in [0.25, 0.3) is 0 Å². The third-order valence-electron chi connectivity index (χ3n) is 2.09. The number of rotatable bonds is 6. The highest BCUT2D eigenvalue weighted by Crippen LogP contribution is 2.05. The Morgan fingerprint density at radius 2 is 2.14 bits per heavy atom. The number of aliphatic imine (C=N–C) groups is 1. The van der Waals surface area contributed by atoms with Crippen molar-refractivity contribution >= 4 is 12.7 Å². The summed E-state index contributed by atoms with van der Waals surface area (Å²) in [6.07, 6.45) is 6.24. The molecule has 1 amide bonds. The second kappa shape index (κ2) is 7.32. The lowest BCUT2D eigenvalue weighted by molar-refractivity contribution is -0.120. The zero-order valence-corrected chi connectivity index (χ0v) is 8.32. The van der Waals surface area contributed by atoms with Crippen molar-refractivity contribution in [3.05, 3.63) is 0 Å². The van der Waals surface area contributed by atoms with Crippen LogP contribution in [0.2, 0.25) is 0 Å². The molecule has 0 saturated carbocycles. The second-order valence-corrected chi connectivity index (χ2v) is 3.20. The van der Waals surface area contributed by atoms with Crippen LogP contribution in [0.15, 0.2) is 4.99 Å². The van der Waals surface area contributed by atoms with Gasteiger partial charge in [0.25, 0.3) is 0 Å². The fourth-order valence-electron chi connectivity index (χ4n) is 1.40. The van der Waals surface area contributed by atoms with Gasteiger partial charge >= 0.3 is 0 Å². The molecule has 1 aliphatic rings. The summed E-state index contributed by atoms with van der Waals surface area (Å²) in [5.74, 6) is 0. The third kappa shape index (κ3) is 4.81. The van der Waals surface area contributed by atoms with E-state index in [-0.39, 0.29) is 0 Å². The first-order valence-electron chi connectivity index (χ1n) is 4.98. The molecule has 5 nitrogen and oxygen atoms in total. The predicted octanol–water partition coefficient (Wildman–Crippen LogP) is 0.178. The molecule has 0 aliphatic carbocycles. The van der Waals surface area contributed by atoms with Gasteiger partial charge in [0, 0.05) is 13.1 Å². The minimum Gasteiger partial charge on any atom is -0.363 e. The fourth-order valence-corrected chi connectivity index (χ4v) is 1.40. The summed E-state index contributed by atoms with van der Waals surface area (Å²) in [4.78, 5) is 20.9. The Labute approximate surface area is 84.1 Å². The van der Waals surface area contributed by atoms with E-state index >= 15 is 0 Å². The summed E-state index contributed by atoms with van der Waals surface area (Å²) in [7, 11) is 0. The molecule has 1 N–H and O–H groups in total. The largest absolute Gasteiger partial charge is 0.363 e. The Balaban J connectivity index is 1.98. The van der Waals surface area contributed by atoms with Crippen molar-refractivity contribution in [2.24, 2.45) is 4.99 Å². The molecule has 0 aromatic carbocycles. The number of carbonyl (C=O) groups is 1. The molecular weight excluding hydrogens is 182 g/mol. The predicted molar refractivity (Wildman–Crippen MR) is 53.9 cm³/mol. The SMILES string of the molecule is O=CNOCCN=CN1CCCCC1. The maximum atomic E-state index is 9.80. The number of hydroxylamine groups is 1. The maximum absolute atomic E-state index is 9.80. The molecule has 0 unspecified atom stereocenters. The molecule has 0 bridgehead atoms. The summed E-state index contributed by atoms with van der Waals surface area (Å²) in [5, 5.41) is 0. The van der Waals surface area contributed by atoms with Gasteiger partial charge in [0.1, 0.15) is 0 Å². The number of nitrogens with one attached hydrogen (secondary N) is 1. The van der Waals surface area contributed by atoms with Crippen LogP contribution in [0.5, 0.6) is 0 Å². The van der Waals surface area contributed by atoms with Gasteiger partial charge in [-0.15, -0.1) is 0 Å². The smallest absolute Gasteiger partial charge is 0.230 e. The molecule has 1 fully saturated rings. The Morgan fingerprint density at radius 1 is 1.36 bits per heavy atom. The first kappa shape index (κ1) is 11.0. The van der Waals surface area contributed by atoms with Crippen molar-refractivity contribution in [1.82, 2.24) is 10.4 Å². The summed E-state index contributed by atoms with van der Waals surface area (Å²) in [5.41, 5.74) is 2.12. The molecule has 0 atom stereocenters. The highest BCUT2D eigenvalue weighted by molar-refractivity contribution is 5.54. The van der Waals surface area contributed by atoms with Crippen LogP contribution < -0.4 is 5.48 Å². The molecule has 1 saturated heterocycles. The van der Waals surface area contributed by atoms with Crippen molar-refractivity contribution < 1.29 is 9.63 Å². The standard InChI is InChI=1S/C9H17N3O2/c13-9-11-14-7-4-10-8-12-5-2-1-3-6-12/h8-9H,1-7H2,(H,11,13). The molecule has 0 aromatic rings. The molecule has 14 heavy (non-hydrogen) atoms. The van der Waals surface area contributed by atoms with Gasteiger partial charge in [0.2, 0.25) is 6.41 Å². The number of carbonyl (C=O) groups excluding carboxylic acids is 1. The van der Waals surface area contributed by atoms with Crippen LogP contribution in [0.1, 0.15) is 19.3 Å². The van der Waals surface area contributed by atoms with Crippen LogP contribution >= 0.6 is 0 Å². The highest BCUT2D eigenvalue weighted by Gasteiger charge is 2.04. The summed E-state index contributed by atoms with van der Waals surface area (Å²) >= 11 is 0. The third-order valence-corrected chi connectivity index (χ3v) is 2.09. The Bertz CT molecular complexity index is 179. The zero-order chi connectivity index (χ0) is 10.1. The van der Waals surface area contributed by atoms with E-state index in [1.165, 1.54) is 19.3 Å². The molecule has 1 aliphatic heterocycles. The maximum Gasteiger partial charge on any atom is 0.230 e. The minimum absolute atomic E-state index is 0.420. The number of hydrogen-bond acceptors (Lipinski definition) is 3. The van der Waals surface area contributed by atoms with Gasteiger partial charge in [-0.05, 0) is 19.3 Å². The molecule has 80 valence electrons. The van der Waals surface area contributed by atoms with E-state index in [0.29, 0.717) is 19.6 Å². The van der Waals surface area contributed by atoms with E-state index in [1.807, 2.05) is 6.34 Å². The molecular formula is C9H17N3O2. The van der Waals surface area contributed by atoms with E-state index < -0.39 is 0 Å². The van der Waals surface area contributed by atoms with Gasteiger partial charge in [-0.25, -0.2) is 5.48 Å². The summed E-state index contributed by atoms with van der Waals surface area (Å²) < 4.78 is 0. The molecule has 0 radical (unpaired) electrons. The van der Waals surface area contributed by atoms with E-state index in [4.69, 9.17) is 4.84 Å². The van der Waals surface area contributed by atoms with Crippen molar-refractivity contribution in [3.63, 3.8) is 0 Å². The average Bonchev–Trinajstić information content (AvgIpc) is 2.25. The van der Waals surface area contributed by atoms with Crippen LogP contribution in [0.4, 0.5) is 0 Å². The molecule has 1 rings (SSSR count). The quantitative estimate of drug-likeness (QED) is 0.218. The number of amides is 1. The number of hydrogen-bond donors (Lipinski definition) is 1. The lowest BCUT2D eigenvalue weighted by atomic mass is 10.1. The van der Waals surface area contributed by atoms with E-state index in [1.54, 1.807) is 0 Å². The Kier molecular flexibility index (Phi) is 5.74. The van der Waals surface area contributed by atoms with Crippen LogP contribution in [0.3, 0.4) is 0 Å². The highest BCUT2D eigenvalue weighted by atomic mass is 16.6. The lowest BCUT2D eigenvalue weighted by Gasteiger charge is -2.23. The van der Waals surface area contributed by atoms with Crippen LogP contribution in [-0.2, 0) is 9.63 Å². The monoisotopic (exact) mass is 199 g/mol. The van der Waals surface area contributed by atoms with Crippen molar-refractivity contribution in [2.45, 2.75) is 19.3 Å². The van der Waals surface area contributed by atoms with Crippen molar-refractivity contribution in [2.75, 3.05) is 26.2 Å². The topological polar surface area (TPSA) is 53.9 Å². The van der Waals surface area contributed by atoms with E-state index in [0.717, 1.165) is 13.1 Å². The number of likely N-dealkylation sites (tertiary alicyclic amines) is 1. The lowest BCUT2D eigenvalue weighted by Crippen LogP contribution is -2.28. The van der Waals surface area contributed by atoms with E-state index in [2.05, 4.69) is 15.4 Å². The zero-order valence-electron chi connectivity index (χ0n) is 8.32. The minimum atomic E-state index is 0.420. The van der Waals surface area contributed by atoms with Gasteiger partial charge in [0.15, 0.2) is 0 Å². The number of piperidine rings is 1. The summed E-state index contributed by atoms with van der Waals surface area (Å²) in [6, 6.07) is 0. The first-order valence-corrected chi connectivity index (χ1v) is 4.98. The molecule has 0 aromatic heterocycles. The second-order valence-electron chi connectivity index (χ2n) is 3.20. The summed E-state index contributed by atoms with van der Waals surface area (Å²) in [6.45, 7) is 3.22. The van der Waals surface area contributed by atoms with Gasteiger partial charge in [-0.1, -0.05) is 0 Å². The van der Waals surface area contributed by atoms with Gasteiger partial charge in [-0.2, -0.15) is 0 Å². The van der Waals surface area contributed by atoms with Gasteiger partial charge in [-0.3, -0.25) is 14.6 Å². The Hall–Kier alpha value is -1.10. The fraction of sp³-hybridized carbons (Fsp3) is 0.778. The van der Waals surface area contributed by atoms with Gasteiger partial charge in [0.05, 0.1) is 19.5 Å². The van der Waals surface area contributed by atoms with Crippen LogP contribution in [-0.4, -0.2) is 43.9 Å². The molecule has 5 heteroatoms. The number of nitrogens with zero attached hydrogens (tertiary/aromatic N) is 2. The van der Waals surface area contributed by atoms with Crippen molar-refractivity contribution in [3.8, 4) is 0 Å². The van der Waals surface area contributed by atoms with Gasteiger partial charge < -0.3 is 4.90 Å². The molecule has 0 spiro atoms. The average molecular weight is 199 g/mol. The van der Waals surface area contributed by atoms with Crippen LogP contribution in [0, 0.1) is 0 Å².